The van der Waals surface area contributed by atoms with Crippen LogP contribution in [0.3, 0.4) is 0 Å². The molecule has 0 radical (unpaired) electrons. The summed E-state index contributed by atoms with van der Waals surface area (Å²) in [6, 6.07) is 18.2. The quantitative estimate of drug-likeness (QED) is 0.566. The summed E-state index contributed by atoms with van der Waals surface area (Å²) in [4.78, 5) is 4.63. The Hall–Kier alpha value is -2.90. The van der Waals surface area contributed by atoms with Crippen LogP contribution in [0.4, 0.5) is 0 Å². The Balaban J connectivity index is 1.87. The molecule has 2 aromatic carbocycles. The fraction of sp³-hybridized carbons (Fsp3) is 0.143. The largest absolute Gasteiger partial charge is 0.494 e. The Labute approximate surface area is 151 Å². The van der Waals surface area contributed by atoms with Gasteiger partial charge in [-0.05, 0) is 49.8 Å². The molecule has 3 rings (SSSR count). The summed E-state index contributed by atoms with van der Waals surface area (Å²) >= 11 is 1.48. The second kappa shape index (κ2) is 7.78. The Morgan fingerprint density at radius 1 is 1.24 bits per heavy atom. The standard InChI is InChI=1S/C21H18N2OS/c1-3-24-19-9-7-17(8-10-19)20-14-25-21(23-20)18(13-22)12-16-6-4-5-15(2)11-16/h4-12,14H,3H2,1-2H3/b18-12-. The number of ether oxygens (including phenoxy) is 1. The summed E-state index contributed by atoms with van der Waals surface area (Å²) in [6.07, 6.45) is 1.88. The average Bonchev–Trinajstić information content (AvgIpc) is 3.10. The molecular weight excluding hydrogens is 328 g/mol. The minimum absolute atomic E-state index is 0.577. The van der Waals surface area contributed by atoms with Gasteiger partial charge in [0.2, 0.25) is 0 Å². The van der Waals surface area contributed by atoms with Crippen molar-refractivity contribution in [1.82, 2.24) is 4.98 Å². The predicted molar refractivity (Wildman–Crippen MR) is 103 cm³/mol. The third-order valence-electron chi connectivity index (χ3n) is 3.67. The van der Waals surface area contributed by atoms with Crippen molar-refractivity contribution in [3.05, 3.63) is 70.0 Å². The highest BCUT2D eigenvalue weighted by atomic mass is 32.1. The monoisotopic (exact) mass is 346 g/mol. The Morgan fingerprint density at radius 2 is 2.04 bits per heavy atom. The number of benzene rings is 2. The van der Waals surface area contributed by atoms with Crippen molar-refractivity contribution in [1.29, 1.82) is 5.26 Å². The molecule has 0 saturated carbocycles. The molecule has 0 bridgehead atoms. The van der Waals surface area contributed by atoms with E-state index in [1.807, 2.05) is 67.8 Å². The van der Waals surface area contributed by atoms with E-state index in [0.717, 1.165) is 27.6 Å². The molecule has 124 valence electrons. The second-order valence-corrected chi connectivity index (χ2v) is 6.44. The molecule has 0 atom stereocenters. The van der Waals surface area contributed by atoms with E-state index in [1.165, 1.54) is 16.9 Å². The summed E-state index contributed by atoms with van der Waals surface area (Å²) in [5.41, 5.74) is 4.63. The van der Waals surface area contributed by atoms with Gasteiger partial charge in [0.15, 0.2) is 0 Å². The van der Waals surface area contributed by atoms with E-state index in [-0.39, 0.29) is 0 Å². The van der Waals surface area contributed by atoms with Crippen molar-refractivity contribution in [2.24, 2.45) is 0 Å². The molecule has 4 heteroatoms. The van der Waals surface area contributed by atoms with Gasteiger partial charge in [-0.1, -0.05) is 29.8 Å². The van der Waals surface area contributed by atoms with Gasteiger partial charge in [0.05, 0.1) is 17.9 Å². The molecule has 3 aromatic rings. The van der Waals surface area contributed by atoms with Crippen molar-refractivity contribution in [2.75, 3.05) is 6.61 Å². The van der Waals surface area contributed by atoms with E-state index in [2.05, 4.69) is 17.1 Å². The molecule has 0 spiro atoms. The molecule has 25 heavy (non-hydrogen) atoms. The first-order valence-electron chi connectivity index (χ1n) is 8.07. The molecule has 0 unspecified atom stereocenters. The number of hydrogen-bond donors (Lipinski definition) is 0. The number of nitriles is 1. The van der Waals surface area contributed by atoms with Crippen molar-refractivity contribution < 1.29 is 4.74 Å². The van der Waals surface area contributed by atoms with Crippen LogP contribution in [0.2, 0.25) is 0 Å². The second-order valence-electron chi connectivity index (χ2n) is 5.58. The topological polar surface area (TPSA) is 45.9 Å². The molecule has 1 aromatic heterocycles. The lowest BCUT2D eigenvalue weighted by molar-refractivity contribution is 0.340. The van der Waals surface area contributed by atoms with Crippen LogP contribution in [-0.2, 0) is 0 Å². The zero-order valence-corrected chi connectivity index (χ0v) is 15.0. The van der Waals surface area contributed by atoms with E-state index >= 15 is 0 Å². The Kier molecular flexibility index (Phi) is 5.27. The lowest BCUT2D eigenvalue weighted by Crippen LogP contribution is -1.90. The lowest BCUT2D eigenvalue weighted by atomic mass is 10.1. The summed E-state index contributed by atoms with van der Waals surface area (Å²) in [6.45, 7) is 4.65. The summed E-state index contributed by atoms with van der Waals surface area (Å²) in [7, 11) is 0. The summed E-state index contributed by atoms with van der Waals surface area (Å²) < 4.78 is 5.46. The highest BCUT2D eigenvalue weighted by Gasteiger charge is 2.09. The summed E-state index contributed by atoms with van der Waals surface area (Å²) in [5.74, 6) is 0.846. The fourth-order valence-electron chi connectivity index (χ4n) is 2.49. The molecular formula is C21H18N2OS. The molecule has 0 fully saturated rings. The molecule has 0 aliphatic carbocycles. The maximum Gasteiger partial charge on any atom is 0.134 e. The van der Waals surface area contributed by atoms with Gasteiger partial charge in [-0.25, -0.2) is 4.98 Å². The number of thiazole rings is 1. The number of aromatic nitrogens is 1. The van der Waals surface area contributed by atoms with Crippen LogP contribution in [-0.4, -0.2) is 11.6 Å². The number of rotatable bonds is 5. The van der Waals surface area contributed by atoms with Gasteiger partial charge in [-0.3, -0.25) is 0 Å². The van der Waals surface area contributed by atoms with Crippen molar-refractivity contribution in [3.63, 3.8) is 0 Å². The maximum atomic E-state index is 9.52. The normalized spacial score (nSPS) is 11.2. The van der Waals surface area contributed by atoms with Crippen LogP contribution in [0.1, 0.15) is 23.1 Å². The van der Waals surface area contributed by atoms with Gasteiger partial charge in [-0.15, -0.1) is 11.3 Å². The minimum Gasteiger partial charge on any atom is -0.494 e. The zero-order chi connectivity index (χ0) is 17.6. The summed E-state index contributed by atoms with van der Waals surface area (Å²) in [5, 5.41) is 12.2. The van der Waals surface area contributed by atoms with Gasteiger partial charge in [0, 0.05) is 10.9 Å². The van der Waals surface area contributed by atoms with Crippen LogP contribution in [0, 0.1) is 18.3 Å². The van der Waals surface area contributed by atoms with Gasteiger partial charge in [-0.2, -0.15) is 5.26 Å². The van der Waals surface area contributed by atoms with Gasteiger partial charge in [0.1, 0.15) is 16.8 Å². The van der Waals surface area contributed by atoms with E-state index in [9.17, 15) is 5.26 Å². The van der Waals surface area contributed by atoms with Crippen LogP contribution in [0.5, 0.6) is 5.75 Å². The molecule has 0 saturated heterocycles. The van der Waals surface area contributed by atoms with E-state index in [1.54, 1.807) is 0 Å². The van der Waals surface area contributed by atoms with E-state index in [0.29, 0.717) is 12.2 Å². The highest BCUT2D eigenvalue weighted by Crippen LogP contribution is 2.28. The Bertz CT molecular complexity index is 933. The number of allylic oxidation sites excluding steroid dienone is 1. The Morgan fingerprint density at radius 3 is 2.72 bits per heavy atom. The molecule has 3 nitrogen and oxygen atoms in total. The molecule has 0 aliphatic rings. The van der Waals surface area contributed by atoms with Crippen molar-refractivity contribution >= 4 is 23.0 Å². The van der Waals surface area contributed by atoms with E-state index in [4.69, 9.17) is 4.74 Å². The van der Waals surface area contributed by atoms with E-state index < -0.39 is 0 Å². The van der Waals surface area contributed by atoms with Gasteiger partial charge < -0.3 is 4.74 Å². The van der Waals surface area contributed by atoms with Crippen LogP contribution < -0.4 is 4.74 Å². The maximum absolute atomic E-state index is 9.52. The van der Waals surface area contributed by atoms with Crippen molar-refractivity contribution in [3.8, 4) is 23.1 Å². The third-order valence-corrected chi connectivity index (χ3v) is 4.54. The smallest absolute Gasteiger partial charge is 0.134 e. The van der Waals surface area contributed by atoms with Crippen LogP contribution in [0.15, 0.2) is 53.9 Å². The first-order chi connectivity index (χ1) is 12.2. The average molecular weight is 346 g/mol. The molecule has 1 heterocycles. The molecule has 0 aliphatic heterocycles. The van der Waals surface area contributed by atoms with Crippen LogP contribution >= 0.6 is 11.3 Å². The zero-order valence-electron chi connectivity index (χ0n) is 14.2. The molecule has 0 N–H and O–H groups in total. The van der Waals surface area contributed by atoms with Crippen LogP contribution in [0.25, 0.3) is 22.9 Å². The predicted octanol–water partition coefficient (Wildman–Crippen LogP) is 5.58. The number of aryl methyl sites for hydroxylation is 1. The number of nitrogens with zero attached hydrogens (tertiary/aromatic N) is 2. The highest BCUT2D eigenvalue weighted by molar-refractivity contribution is 7.11. The van der Waals surface area contributed by atoms with Crippen molar-refractivity contribution in [2.45, 2.75) is 13.8 Å². The molecule has 0 amide bonds. The van der Waals surface area contributed by atoms with Gasteiger partial charge >= 0.3 is 0 Å². The number of hydrogen-bond acceptors (Lipinski definition) is 4. The SMILES string of the molecule is CCOc1ccc(-c2csc(/C(C#N)=C\c3cccc(C)c3)n2)cc1. The fourth-order valence-corrected chi connectivity index (χ4v) is 3.28. The third kappa shape index (κ3) is 4.14. The van der Waals surface area contributed by atoms with Gasteiger partial charge in [0.25, 0.3) is 0 Å². The lowest BCUT2D eigenvalue weighted by Gasteiger charge is -2.03. The first kappa shape index (κ1) is 16.9. The first-order valence-corrected chi connectivity index (χ1v) is 8.95. The minimum atomic E-state index is 0.577.